The Hall–Kier alpha value is -1.60. The van der Waals surface area contributed by atoms with E-state index in [4.69, 9.17) is 4.74 Å². The average Bonchev–Trinajstić information content (AvgIpc) is 3.08. The van der Waals surface area contributed by atoms with Gasteiger partial charge in [0.2, 0.25) is 10.0 Å². The van der Waals surface area contributed by atoms with Gasteiger partial charge in [-0.1, -0.05) is 0 Å². The highest BCUT2D eigenvalue weighted by Crippen LogP contribution is 2.50. The van der Waals surface area contributed by atoms with E-state index in [0.29, 0.717) is 12.2 Å². The first-order valence-corrected chi connectivity index (χ1v) is 7.79. The first-order chi connectivity index (χ1) is 9.45. The van der Waals surface area contributed by atoms with Crippen LogP contribution in [0.2, 0.25) is 0 Å². The minimum Gasteiger partial charge on any atom is -0.497 e. The summed E-state index contributed by atoms with van der Waals surface area (Å²) in [5, 5.41) is 9.19. The zero-order valence-electron chi connectivity index (χ0n) is 10.9. The van der Waals surface area contributed by atoms with Crippen molar-refractivity contribution in [2.24, 2.45) is 5.92 Å². The molecule has 6 nitrogen and oxygen atoms in total. The Bertz CT molecular complexity index is 639. The number of ether oxygens (including phenoxy) is 1. The summed E-state index contributed by atoms with van der Waals surface area (Å²) < 4.78 is 31.4. The maximum atomic E-state index is 12.6. The van der Waals surface area contributed by atoms with E-state index in [2.05, 4.69) is 0 Å². The van der Waals surface area contributed by atoms with Gasteiger partial charge in [0.25, 0.3) is 0 Å². The minimum absolute atomic E-state index is 0.108. The molecule has 0 bridgehead atoms. The fourth-order valence-corrected chi connectivity index (χ4v) is 4.69. The number of nitrogens with zero attached hydrogens (tertiary/aromatic N) is 1. The van der Waals surface area contributed by atoms with Gasteiger partial charge in [-0.25, -0.2) is 8.42 Å². The number of hydrogen-bond acceptors (Lipinski definition) is 4. The number of piperidine rings is 1. The zero-order chi connectivity index (χ0) is 14.5. The molecule has 1 aromatic carbocycles. The second-order valence-corrected chi connectivity index (χ2v) is 7.01. The molecule has 0 spiro atoms. The molecular weight excluding hydrogens is 282 g/mol. The van der Waals surface area contributed by atoms with Gasteiger partial charge in [0.05, 0.1) is 12.0 Å². The summed E-state index contributed by atoms with van der Waals surface area (Å²) in [6.07, 6.45) is 1.18. The minimum atomic E-state index is -3.77. The Balaban J connectivity index is 1.96. The smallest absolute Gasteiger partial charge is 0.322 e. The van der Waals surface area contributed by atoms with Crippen molar-refractivity contribution < 1.29 is 23.1 Å². The Morgan fingerprint density at radius 1 is 1.30 bits per heavy atom. The Kier molecular flexibility index (Phi) is 2.98. The number of carboxylic acid groups (broad SMARTS) is 1. The molecule has 3 rings (SSSR count). The van der Waals surface area contributed by atoms with Crippen LogP contribution in [0, 0.1) is 5.92 Å². The lowest BCUT2D eigenvalue weighted by atomic mass is 10.2. The molecular formula is C13H15NO5S. The second kappa shape index (κ2) is 4.46. The second-order valence-electron chi connectivity index (χ2n) is 5.16. The van der Waals surface area contributed by atoms with Crippen LogP contribution < -0.4 is 4.74 Å². The monoisotopic (exact) mass is 297 g/mol. The van der Waals surface area contributed by atoms with E-state index in [0.717, 1.165) is 6.42 Å². The number of sulfonamides is 1. The van der Waals surface area contributed by atoms with Crippen LogP contribution in [0.5, 0.6) is 5.75 Å². The summed E-state index contributed by atoms with van der Waals surface area (Å²) in [4.78, 5) is 11.3. The third-order valence-corrected chi connectivity index (χ3v) is 5.91. The molecule has 1 aliphatic heterocycles. The number of fused-ring (bicyclic) bond motifs is 1. The van der Waals surface area contributed by atoms with Gasteiger partial charge in [-0.3, -0.25) is 4.79 Å². The van der Waals surface area contributed by atoms with E-state index in [9.17, 15) is 18.3 Å². The van der Waals surface area contributed by atoms with Crippen molar-refractivity contribution in [3.8, 4) is 5.75 Å². The Morgan fingerprint density at radius 3 is 2.50 bits per heavy atom. The van der Waals surface area contributed by atoms with Crippen molar-refractivity contribution in [2.45, 2.75) is 29.8 Å². The number of benzene rings is 1. The Morgan fingerprint density at radius 2 is 1.95 bits per heavy atom. The lowest BCUT2D eigenvalue weighted by Gasteiger charge is -2.23. The van der Waals surface area contributed by atoms with Crippen LogP contribution in [0.3, 0.4) is 0 Å². The number of carbonyl (C=O) groups is 1. The van der Waals surface area contributed by atoms with Gasteiger partial charge in [-0.15, -0.1) is 0 Å². The highest BCUT2D eigenvalue weighted by Gasteiger charge is 2.59. The predicted octanol–water partition coefficient (Wildman–Crippen LogP) is 0.931. The number of hydrogen-bond donors (Lipinski definition) is 1. The third-order valence-electron chi connectivity index (χ3n) is 3.97. The van der Waals surface area contributed by atoms with Crippen molar-refractivity contribution in [2.75, 3.05) is 7.11 Å². The van der Waals surface area contributed by atoms with E-state index < -0.39 is 22.0 Å². The summed E-state index contributed by atoms with van der Waals surface area (Å²) in [5.41, 5.74) is 0. The van der Waals surface area contributed by atoms with E-state index in [1.807, 2.05) is 0 Å². The van der Waals surface area contributed by atoms with E-state index >= 15 is 0 Å². The highest BCUT2D eigenvalue weighted by atomic mass is 32.2. The normalized spacial score (nSPS) is 28.9. The first kappa shape index (κ1) is 13.4. The molecule has 1 heterocycles. The molecule has 1 saturated heterocycles. The molecule has 108 valence electrons. The molecule has 0 radical (unpaired) electrons. The summed E-state index contributed by atoms with van der Waals surface area (Å²) in [6.45, 7) is 0. The zero-order valence-corrected chi connectivity index (χ0v) is 11.7. The van der Waals surface area contributed by atoms with Gasteiger partial charge in [0.15, 0.2) is 0 Å². The summed E-state index contributed by atoms with van der Waals surface area (Å²) >= 11 is 0. The molecule has 20 heavy (non-hydrogen) atoms. The van der Waals surface area contributed by atoms with Gasteiger partial charge >= 0.3 is 5.97 Å². The molecule has 0 aromatic heterocycles. The molecule has 0 amide bonds. The lowest BCUT2D eigenvalue weighted by molar-refractivity contribution is -0.141. The van der Waals surface area contributed by atoms with Gasteiger partial charge in [0, 0.05) is 6.04 Å². The first-order valence-electron chi connectivity index (χ1n) is 6.35. The lowest BCUT2D eigenvalue weighted by Crippen LogP contribution is -2.42. The van der Waals surface area contributed by atoms with Gasteiger partial charge < -0.3 is 9.84 Å². The number of aliphatic carboxylic acids is 1. The van der Waals surface area contributed by atoms with Crippen LogP contribution in [0.15, 0.2) is 29.2 Å². The molecule has 2 aliphatic rings. The van der Waals surface area contributed by atoms with Crippen molar-refractivity contribution >= 4 is 16.0 Å². The molecule has 1 aliphatic carbocycles. The quantitative estimate of drug-likeness (QED) is 0.894. The number of methoxy groups -OCH3 is 1. The SMILES string of the molecule is COc1ccc(S(=O)(=O)N2[C@@H]3C[C@@H]3C[C@H]2C(=O)O)cc1. The third kappa shape index (κ3) is 1.97. The van der Waals surface area contributed by atoms with Gasteiger partial charge in [-0.2, -0.15) is 4.31 Å². The molecule has 3 atom stereocenters. The average molecular weight is 297 g/mol. The molecule has 7 heteroatoms. The topological polar surface area (TPSA) is 83.9 Å². The predicted molar refractivity (Wildman–Crippen MR) is 70.0 cm³/mol. The fourth-order valence-electron chi connectivity index (χ4n) is 2.84. The standard InChI is InChI=1S/C13H15NO5S/c1-19-9-2-4-10(5-3-9)20(17,18)14-11-6-8(11)7-12(14)13(15)16/h2-5,8,11-12H,6-7H2,1H3,(H,15,16)/t8-,11-,12+/m1/s1. The molecule has 0 unspecified atom stereocenters. The number of rotatable bonds is 4. The van der Waals surface area contributed by atoms with Crippen molar-refractivity contribution in [3.63, 3.8) is 0 Å². The van der Waals surface area contributed by atoms with Crippen molar-refractivity contribution in [3.05, 3.63) is 24.3 Å². The van der Waals surface area contributed by atoms with Crippen molar-refractivity contribution in [1.29, 1.82) is 0 Å². The molecule has 1 aromatic rings. The highest BCUT2D eigenvalue weighted by molar-refractivity contribution is 7.89. The van der Waals surface area contributed by atoms with Crippen LogP contribution in [0.1, 0.15) is 12.8 Å². The van der Waals surface area contributed by atoms with Gasteiger partial charge in [0.1, 0.15) is 11.8 Å². The maximum Gasteiger partial charge on any atom is 0.322 e. The van der Waals surface area contributed by atoms with Crippen LogP contribution in [0.25, 0.3) is 0 Å². The molecule has 1 N–H and O–H groups in total. The molecule has 2 fully saturated rings. The van der Waals surface area contributed by atoms with Gasteiger partial charge in [-0.05, 0) is 43.0 Å². The summed E-state index contributed by atoms with van der Waals surface area (Å²) in [7, 11) is -2.27. The van der Waals surface area contributed by atoms with Crippen molar-refractivity contribution in [1.82, 2.24) is 4.31 Å². The molecule has 1 saturated carbocycles. The van der Waals surface area contributed by atoms with E-state index in [1.165, 1.54) is 23.5 Å². The Labute approximate surface area is 117 Å². The van der Waals surface area contributed by atoms with Crippen LogP contribution in [-0.4, -0.2) is 43.0 Å². The maximum absolute atomic E-state index is 12.6. The van der Waals surface area contributed by atoms with Crippen LogP contribution in [-0.2, 0) is 14.8 Å². The fraction of sp³-hybridized carbons (Fsp3) is 0.462. The largest absolute Gasteiger partial charge is 0.497 e. The summed E-state index contributed by atoms with van der Waals surface area (Å²) in [5.74, 6) is -0.317. The van der Waals surface area contributed by atoms with Crippen LogP contribution in [0.4, 0.5) is 0 Å². The van der Waals surface area contributed by atoms with Crippen LogP contribution >= 0.6 is 0 Å². The van der Waals surface area contributed by atoms with E-state index in [-0.39, 0.29) is 16.9 Å². The van der Waals surface area contributed by atoms with E-state index in [1.54, 1.807) is 12.1 Å². The number of carboxylic acids is 1. The summed E-state index contributed by atoms with van der Waals surface area (Å²) in [6, 6.07) is 4.92.